The van der Waals surface area contributed by atoms with Crippen LogP contribution in [0.15, 0.2) is 72.8 Å². The number of hydrogen-bond acceptors (Lipinski definition) is 2. The zero-order valence-corrected chi connectivity index (χ0v) is 18.8. The van der Waals surface area contributed by atoms with Crippen LogP contribution < -0.4 is 4.43 Å². The number of phenolic OH excluding ortho intramolecular Hbond substituents is 1. The van der Waals surface area contributed by atoms with Crippen molar-refractivity contribution >= 4 is 29.9 Å². The highest BCUT2D eigenvalue weighted by Gasteiger charge is 2.39. The van der Waals surface area contributed by atoms with Crippen LogP contribution in [0, 0.1) is 0 Å². The SMILES string of the molecule is CC(C)(C)[Si](C)(C)Oc1ccc2ccccc2c1-c1c(O)ccc2ccccc12. The van der Waals surface area contributed by atoms with Crippen LogP contribution >= 0.6 is 0 Å². The molecule has 0 aliphatic rings. The van der Waals surface area contributed by atoms with Crippen LogP contribution in [0.3, 0.4) is 0 Å². The van der Waals surface area contributed by atoms with E-state index >= 15 is 0 Å². The van der Waals surface area contributed by atoms with Crippen molar-refractivity contribution in [1.82, 2.24) is 0 Å². The van der Waals surface area contributed by atoms with E-state index in [2.05, 4.69) is 70.3 Å². The molecule has 2 nitrogen and oxygen atoms in total. The van der Waals surface area contributed by atoms with Gasteiger partial charge in [0.15, 0.2) is 0 Å². The van der Waals surface area contributed by atoms with Crippen molar-refractivity contribution in [2.45, 2.75) is 38.9 Å². The largest absolute Gasteiger partial charge is 0.543 e. The van der Waals surface area contributed by atoms with Crippen LogP contribution in [0.25, 0.3) is 32.7 Å². The molecule has 0 aliphatic heterocycles. The third-order valence-electron chi connectivity index (χ3n) is 6.22. The van der Waals surface area contributed by atoms with Gasteiger partial charge in [-0.25, -0.2) is 0 Å². The first kappa shape index (κ1) is 19.5. The molecule has 0 bridgehead atoms. The first-order valence-corrected chi connectivity index (χ1v) is 13.0. The molecule has 1 N–H and O–H groups in total. The Morgan fingerprint density at radius 3 is 1.79 bits per heavy atom. The summed E-state index contributed by atoms with van der Waals surface area (Å²) in [6.45, 7) is 11.3. The minimum absolute atomic E-state index is 0.0801. The quantitative estimate of drug-likeness (QED) is 0.356. The third kappa shape index (κ3) is 3.40. The van der Waals surface area contributed by atoms with Crippen LogP contribution in [0.5, 0.6) is 11.5 Å². The Morgan fingerprint density at radius 1 is 0.690 bits per heavy atom. The molecule has 4 aromatic carbocycles. The molecule has 0 fully saturated rings. The molecule has 0 unspecified atom stereocenters. The van der Waals surface area contributed by atoms with Crippen molar-refractivity contribution in [3.63, 3.8) is 0 Å². The van der Waals surface area contributed by atoms with E-state index in [9.17, 15) is 5.11 Å². The van der Waals surface area contributed by atoms with Gasteiger partial charge in [0.25, 0.3) is 8.32 Å². The lowest BCUT2D eigenvalue weighted by Crippen LogP contribution is -2.44. The average molecular weight is 401 g/mol. The van der Waals surface area contributed by atoms with Gasteiger partial charge in [-0.15, -0.1) is 0 Å². The van der Waals surface area contributed by atoms with Crippen molar-refractivity contribution in [3.8, 4) is 22.6 Å². The number of benzene rings is 4. The zero-order valence-electron chi connectivity index (χ0n) is 17.8. The van der Waals surface area contributed by atoms with Crippen LogP contribution in [0.4, 0.5) is 0 Å². The second kappa shape index (κ2) is 6.92. The van der Waals surface area contributed by atoms with E-state index in [4.69, 9.17) is 4.43 Å². The third-order valence-corrected chi connectivity index (χ3v) is 10.6. The van der Waals surface area contributed by atoms with Gasteiger partial charge in [-0.05, 0) is 51.8 Å². The summed E-state index contributed by atoms with van der Waals surface area (Å²) >= 11 is 0. The highest BCUT2D eigenvalue weighted by Crippen LogP contribution is 2.47. The fourth-order valence-electron chi connectivity index (χ4n) is 3.55. The molecule has 0 saturated carbocycles. The maximum Gasteiger partial charge on any atom is 0.250 e. The molecule has 4 aromatic rings. The Labute approximate surface area is 173 Å². The first-order valence-electron chi connectivity index (χ1n) is 10.1. The predicted octanol–water partition coefficient (Wildman–Crippen LogP) is 7.75. The summed E-state index contributed by atoms with van der Waals surface area (Å²) in [6.07, 6.45) is 0. The number of rotatable bonds is 3. The van der Waals surface area contributed by atoms with Crippen LogP contribution in [0.1, 0.15) is 20.8 Å². The van der Waals surface area contributed by atoms with E-state index in [1.165, 1.54) is 0 Å². The smallest absolute Gasteiger partial charge is 0.250 e. The van der Waals surface area contributed by atoms with E-state index in [1.54, 1.807) is 6.07 Å². The Morgan fingerprint density at radius 2 is 1.21 bits per heavy atom. The fourth-order valence-corrected chi connectivity index (χ4v) is 4.57. The molecular weight excluding hydrogens is 372 g/mol. The highest BCUT2D eigenvalue weighted by atomic mass is 28.4. The van der Waals surface area contributed by atoms with Gasteiger partial charge >= 0.3 is 0 Å². The zero-order chi connectivity index (χ0) is 20.8. The van der Waals surface area contributed by atoms with Gasteiger partial charge in [-0.1, -0.05) is 81.4 Å². The Bertz CT molecular complexity index is 1200. The molecule has 3 heteroatoms. The average Bonchev–Trinajstić information content (AvgIpc) is 2.67. The Hall–Kier alpha value is -2.78. The van der Waals surface area contributed by atoms with Gasteiger partial charge in [0, 0.05) is 11.1 Å². The molecule has 0 amide bonds. The van der Waals surface area contributed by atoms with Crippen molar-refractivity contribution in [2.75, 3.05) is 0 Å². The molecule has 0 radical (unpaired) electrons. The van der Waals surface area contributed by atoms with Crippen LogP contribution in [-0.2, 0) is 0 Å². The van der Waals surface area contributed by atoms with E-state index in [1.807, 2.05) is 30.3 Å². The molecule has 4 rings (SSSR count). The highest BCUT2D eigenvalue weighted by molar-refractivity contribution is 6.74. The first-order chi connectivity index (χ1) is 13.7. The second-order valence-electron chi connectivity index (χ2n) is 9.20. The minimum Gasteiger partial charge on any atom is -0.543 e. The predicted molar refractivity (Wildman–Crippen MR) is 126 cm³/mol. The van der Waals surface area contributed by atoms with Gasteiger partial charge in [-0.3, -0.25) is 0 Å². The summed E-state index contributed by atoms with van der Waals surface area (Å²) in [6, 6.07) is 24.4. The Balaban J connectivity index is 2.08. The van der Waals surface area contributed by atoms with E-state index < -0.39 is 8.32 Å². The normalized spacial score (nSPS) is 12.4. The van der Waals surface area contributed by atoms with Crippen LogP contribution in [0.2, 0.25) is 18.1 Å². The van der Waals surface area contributed by atoms with E-state index in [0.29, 0.717) is 0 Å². The lowest BCUT2D eigenvalue weighted by Gasteiger charge is -2.37. The maximum absolute atomic E-state index is 11.0. The summed E-state index contributed by atoms with van der Waals surface area (Å²) in [5, 5.41) is 15.4. The van der Waals surface area contributed by atoms with Crippen LogP contribution in [-0.4, -0.2) is 13.4 Å². The molecule has 0 aromatic heterocycles. The van der Waals surface area contributed by atoms with Gasteiger partial charge in [0.1, 0.15) is 11.5 Å². The number of fused-ring (bicyclic) bond motifs is 2. The summed E-state index contributed by atoms with van der Waals surface area (Å²) in [5.74, 6) is 1.13. The monoisotopic (exact) mass is 400 g/mol. The lowest BCUT2D eigenvalue weighted by molar-refractivity contribution is 0.476. The maximum atomic E-state index is 11.0. The standard InChI is InChI=1S/C26H28O2Si/c1-26(2,3)29(4,5)28-23-17-15-19-11-7-9-13-21(19)25(23)24-20-12-8-6-10-18(20)14-16-22(24)27/h6-17,27H,1-5H3. The molecule has 0 heterocycles. The molecule has 148 valence electrons. The number of phenols is 1. The van der Waals surface area contributed by atoms with Crippen molar-refractivity contribution in [3.05, 3.63) is 72.8 Å². The fraction of sp³-hybridized carbons (Fsp3) is 0.231. The van der Waals surface area contributed by atoms with Gasteiger partial charge in [0.05, 0.1) is 0 Å². The van der Waals surface area contributed by atoms with Gasteiger partial charge in [0.2, 0.25) is 0 Å². The second-order valence-corrected chi connectivity index (χ2v) is 13.9. The molecular formula is C26H28O2Si. The summed E-state index contributed by atoms with van der Waals surface area (Å²) in [7, 11) is -2.06. The molecule has 0 spiro atoms. The topological polar surface area (TPSA) is 29.5 Å². The number of hydrogen-bond donors (Lipinski definition) is 1. The summed E-state index contributed by atoms with van der Waals surface area (Å²) in [5.41, 5.74) is 1.82. The Kier molecular flexibility index (Phi) is 4.66. The van der Waals surface area contributed by atoms with E-state index in [-0.39, 0.29) is 10.8 Å². The summed E-state index contributed by atoms with van der Waals surface area (Å²) < 4.78 is 6.79. The van der Waals surface area contributed by atoms with Gasteiger partial charge < -0.3 is 9.53 Å². The molecule has 0 atom stereocenters. The van der Waals surface area contributed by atoms with Crippen molar-refractivity contribution in [2.24, 2.45) is 0 Å². The van der Waals surface area contributed by atoms with Gasteiger partial charge in [-0.2, -0.15) is 0 Å². The minimum atomic E-state index is -2.06. The van der Waals surface area contributed by atoms with E-state index in [0.717, 1.165) is 38.4 Å². The summed E-state index contributed by atoms with van der Waals surface area (Å²) in [4.78, 5) is 0. The molecule has 29 heavy (non-hydrogen) atoms. The lowest BCUT2D eigenvalue weighted by atomic mass is 9.92. The van der Waals surface area contributed by atoms with Crippen molar-refractivity contribution < 1.29 is 9.53 Å². The molecule has 0 aliphatic carbocycles. The van der Waals surface area contributed by atoms with Crippen molar-refractivity contribution in [1.29, 1.82) is 0 Å². The molecule has 0 saturated heterocycles. The number of aromatic hydroxyl groups is 1.